The number of nitrogens with one attached hydrogen (secondary N) is 1. The van der Waals surface area contributed by atoms with Crippen molar-refractivity contribution in [2.75, 3.05) is 6.54 Å². The molecule has 0 spiro atoms. The molecule has 1 aliphatic heterocycles. The van der Waals surface area contributed by atoms with Gasteiger partial charge in [-0.3, -0.25) is 5.10 Å². The van der Waals surface area contributed by atoms with Crippen molar-refractivity contribution >= 4 is 17.7 Å². The molecule has 2 rings (SSSR count). The first kappa shape index (κ1) is 9.33. The highest BCUT2D eigenvalue weighted by molar-refractivity contribution is 6.17. The summed E-state index contributed by atoms with van der Waals surface area (Å²) in [7, 11) is 0. The monoisotopic (exact) mass is 215 g/mol. The Kier molecular flexibility index (Phi) is 2.33. The molecular weight excluding hydrogens is 206 g/mol. The fraction of sp³-hybridized carbons (Fsp3) is 0.500. The number of rotatable bonds is 1. The highest BCUT2D eigenvalue weighted by atomic mass is 35.5. The molecule has 0 fully saturated rings. The van der Waals surface area contributed by atoms with E-state index in [4.69, 9.17) is 16.7 Å². The molecule has 0 radical (unpaired) electrons. The van der Waals surface area contributed by atoms with Crippen LogP contribution in [0, 0.1) is 0 Å². The Labute approximate surface area is 85.7 Å². The molecule has 0 saturated heterocycles. The van der Waals surface area contributed by atoms with Crippen molar-refractivity contribution in [3.05, 3.63) is 17.0 Å². The molecule has 0 atom stereocenters. The van der Waals surface area contributed by atoms with Crippen LogP contribution in [0.25, 0.3) is 0 Å². The largest absolute Gasteiger partial charge is 0.465 e. The SMILES string of the molecule is O=C(O)N1CCc2[nH]nc(CCl)c2C1. The lowest BCUT2D eigenvalue weighted by molar-refractivity contribution is 0.139. The normalized spacial score (nSPS) is 15.4. The van der Waals surface area contributed by atoms with Crippen molar-refractivity contribution in [3.8, 4) is 0 Å². The number of carbonyl (C=O) groups is 1. The van der Waals surface area contributed by atoms with Crippen molar-refractivity contribution in [3.63, 3.8) is 0 Å². The summed E-state index contributed by atoms with van der Waals surface area (Å²) in [4.78, 5) is 12.1. The van der Waals surface area contributed by atoms with Gasteiger partial charge in [-0.05, 0) is 0 Å². The number of fused-ring (bicyclic) bond motifs is 1. The van der Waals surface area contributed by atoms with E-state index in [9.17, 15) is 4.79 Å². The first-order valence-electron chi connectivity index (χ1n) is 4.31. The molecule has 0 unspecified atom stereocenters. The number of H-pyrrole nitrogens is 1. The molecule has 0 saturated carbocycles. The molecule has 5 nitrogen and oxygen atoms in total. The van der Waals surface area contributed by atoms with Crippen LogP contribution in [-0.2, 0) is 18.8 Å². The molecule has 0 bridgehead atoms. The van der Waals surface area contributed by atoms with Gasteiger partial charge in [-0.1, -0.05) is 0 Å². The predicted molar refractivity (Wildman–Crippen MR) is 50.3 cm³/mol. The van der Waals surface area contributed by atoms with Gasteiger partial charge in [-0.15, -0.1) is 11.6 Å². The fourth-order valence-electron chi connectivity index (χ4n) is 1.63. The summed E-state index contributed by atoms with van der Waals surface area (Å²) in [6.45, 7) is 0.912. The molecule has 1 aliphatic rings. The number of alkyl halides is 1. The Morgan fingerprint density at radius 1 is 1.71 bits per heavy atom. The maximum absolute atomic E-state index is 10.7. The van der Waals surface area contributed by atoms with Crippen LogP contribution < -0.4 is 0 Å². The quantitative estimate of drug-likeness (QED) is 0.692. The van der Waals surface area contributed by atoms with Crippen LogP contribution in [0.4, 0.5) is 4.79 Å². The third-order valence-corrected chi connectivity index (χ3v) is 2.67. The van der Waals surface area contributed by atoms with Crippen LogP contribution in [0.5, 0.6) is 0 Å². The Balaban J connectivity index is 2.27. The third kappa shape index (κ3) is 1.43. The second-order valence-corrected chi connectivity index (χ2v) is 3.48. The minimum atomic E-state index is -0.891. The summed E-state index contributed by atoms with van der Waals surface area (Å²) >= 11 is 5.68. The van der Waals surface area contributed by atoms with Gasteiger partial charge >= 0.3 is 6.09 Å². The van der Waals surface area contributed by atoms with Crippen LogP contribution in [0.15, 0.2) is 0 Å². The second kappa shape index (κ2) is 3.49. The van der Waals surface area contributed by atoms with E-state index in [1.165, 1.54) is 4.90 Å². The van der Waals surface area contributed by atoms with Crippen molar-refractivity contribution < 1.29 is 9.90 Å². The second-order valence-electron chi connectivity index (χ2n) is 3.22. The molecule has 2 heterocycles. The van der Waals surface area contributed by atoms with E-state index < -0.39 is 6.09 Å². The summed E-state index contributed by atoms with van der Waals surface area (Å²) in [5.41, 5.74) is 2.71. The summed E-state index contributed by atoms with van der Waals surface area (Å²) in [6.07, 6.45) is -0.205. The molecule has 1 aromatic rings. The number of hydrogen-bond acceptors (Lipinski definition) is 2. The maximum Gasteiger partial charge on any atom is 0.407 e. The summed E-state index contributed by atoms with van der Waals surface area (Å²) in [5.74, 6) is 0.319. The van der Waals surface area contributed by atoms with Crippen molar-refractivity contribution in [1.82, 2.24) is 15.1 Å². The lowest BCUT2D eigenvalue weighted by Crippen LogP contribution is -2.34. The number of amides is 1. The minimum absolute atomic E-state index is 0.319. The molecular formula is C8H10ClN3O2. The van der Waals surface area contributed by atoms with Gasteiger partial charge in [-0.2, -0.15) is 5.10 Å². The van der Waals surface area contributed by atoms with E-state index in [2.05, 4.69) is 10.2 Å². The molecule has 0 aliphatic carbocycles. The Bertz CT molecular complexity index is 350. The summed E-state index contributed by atoms with van der Waals surface area (Å²) < 4.78 is 0. The van der Waals surface area contributed by atoms with Crippen molar-refractivity contribution in [2.24, 2.45) is 0 Å². The average Bonchev–Trinajstić information content (AvgIpc) is 2.59. The van der Waals surface area contributed by atoms with E-state index in [1.807, 2.05) is 0 Å². The van der Waals surface area contributed by atoms with E-state index >= 15 is 0 Å². The summed E-state index contributed by atoms with van der Waals surface area (Å²) in [6, 6.07) is 0. The number of nitrogens with zero attached hydrogens (tertiary/aromatic N) is 2. The van der Waals surface area contributed by atoms with E-state index in [0.29, 0.717) is 25.4 Å². The maximum atomic E-state index is 10.7. The van der Waals surface area contributed by atoms with Crippen LogP contribution in [0.3, 0.4) is 0 Å². The van der Waals surface area contributed by atoms with Gasteiger partial charge in [0.25, 0.3) is 0 Å². The van der Waals surface area contributed by atoms with Crippen LogP contribution in [-0.4, -0.2) is 32.8 Å². The van der Waals surface area contributed by atoms with E-state index in [1.54, 1.807) is 0 Å². The van der Waals surface area contributed by atoms with E-state index in [0.717, 1.165) is 17.0 Å². The van der Waals surface area contributed by atoms with Crippen molar-refractivity contribution in [1.29, 1.82) is 0 Å². The zero-order chi connectivity index (χ0) is 10.1. The van der Waals surface area contributed by atoms with Gasteiger partial charge in [-0.25, -0.2) is 4.79 Å². The smallest absolute Gasteiger partial charge is 0.407 e. The Hall–Kier alpha value is -1.23. The number of halogens is 1. The highest BCUT2D eigenvalue weighted by Gasteiger charge is 2.23. The first-order chi connectivity index (χ1) is 6.72. The fourth-order valence-corrected chi connectivity index (χ4v) is 1.85. The van der Waals surface area contributed by atoms with Gasteiger partial charge in [0.2, 0.25) is 0 Å². The molecule has 76 valence electrons. The van der Waals surface area contributed by atoms with Gasteiger partial charge in [0.1, 0.15) is 0 Å². The lowest BCUT2D eigenvalue weighted by Gasteiger charge is -2.23. The van der Waals surface area contributed by atoms with Crippen LogP contribution in [0.2, 0.25) is 0 Å². The first-order valence-corrected chi connectivity index (χ1v) is 4.84. The molecule has 0 aromatic carbocycles. The summed E-state index contributed by atoms with van der Waals surface area (Å²) in [5, 5.41) is 15.7. The van der Waals surface area contributed by atoms with Gasteiger partial charge in [0.05, 0.1) is 18.1 Å². The minimum Gasteiger partial charge on any atom is -0.465 e. The zero-order valence-electron chi connectivity index (χ0n) is 7.46. The van der Waals surface area contributed by atoms with Crippen LogP contribution >= 0.6 is 11.6 Å². The zero-order valence-corrected chi connectivity index (χ0v) is 8.21. The highest BCUT2D eigenvalue weighted by Crippen LogP contribution is 2.21. The third-order valence-electron chi connectivity index (χ3n) is 2.42. The van der Waals surface area contributed by atoms with E-state index in [-0.39, 0.29) is 0 Å². The molecule has 2 N–H and O–H groups in total. The number of aromatic nitrogens is 2. The standard InChI is InChI=1S/C8H10ClN3O2/c9-3-7-5-4-12(8(13)14)2-1-6(5)10-11-7/h1-4H2,(H,10,11)(H,13,14). The number of hydrogen-bond donors (Lipinski definition) is 2. The predicted octanol–water partition coefficient (Wildman–Crippen LogP) is 1.18. The molecule has 1 aromatic heterocycles. The Morgan fingerprint density at radius 2 is 2.50 bits per heavy atom. The number of carboxylic acid groups (broad SMARTS) is 1. The van der Waals surface area contributed by atoms with Crippen molar-refractivity contribution in [2.45, 2.75) is 18.8 Å². The lowest BCUT2D eigenvalue weighted by atomic mass is 10.1. The Morgan fingerprint density at radius 3 is 3.14 bits per heavy atom. The topological polar surface area (TPSA) is 69.2 Å². The number of aromatic amines is 1. The molecule has 6 heteroatoms. The molecule has 14 heavy (non-hydrogen) atoms. The van der Waals surface area contributed by atoms with Gasteiger partial charge in [0, 0.05) is 24.2 Å². The molecule has 1 amide bonds. The van der Waals surface area contributed by atoms with Gasteiger partial charge in [0.15, 0.2) is 0 Å². The average molecular weight is 216 g/mol. The van der Waals surface area contributed by atoms with Gasteiger partial charge < -0.3 is 10.0 Å². The van der Waals surface area contributed by atoms with Crippen LogP contribution in [0.1, 0.15) is 17.0 Å².